The number of methoxy groups -OCH3 is 1. The Morgan fingerprint density at radius 2 is 2.31 bits per heavy atom. The fraction of sp³-hybridized carbons (Fsp3) is 0.444. The van der Waals surface area contributed by atoms with Gasteiger partial charge in [-0.3, -0.25) is 4.79 Å². The molecule has 13 heavy (non-hydrogen) atoms. The summed E-state index contributed by atoms with van der Waals surface area (Å²) >= 11 is 0. The molecule has 0 atom stereocenters. The maximum Gasteiger partial charge on any atom is 0.185 e. The molecule has 0 aromatic carbocycles. The zero-order chi connectivity index (χ0) is 9.52. The molecule has 1 rings (SSSR count). The molecule has 0 N–H and O–H groups in total. The van der Waals surface area contributed by atoms with Gasteiger partial charge in [0.15, 0.2) is 12.0 Å². The van der Waals surface area contributed by atoms with Crippen molar-refractivity contribution in [1.82, 2.24) is 0 Å². The third kappa shape index (κ3) is 3.40. The van der Waals surface area contributed by atoms with Crippen molar-refractivity contribution in [3.05, 3.63) is 23.7 Å². The Hall–Kier alpha value is -1.13. The summed E-state index contributed by atoms with van der Waals surface area (Å²) < 4.78 is 15.1. The largest absolute Gasteiger partial charge is 0.456 e. The van der Waals surface area contributed by atoms with Gasteiger partial charge in [0, 0.05) is 7.11 Å². The first-order chi connectivity index (χ1) is 6.36. The summed E-state index contributed by atoms with van der Waals surface area (Å²) in [5.74, 6) is 0.976. The van der Waals surface area contributed by atoms with Gasteiger partial charge in [-0.15, -0.1) is 0 Å². The molecule has 0 aliphatic heterocycles. The minimum absolute atomic E-state index is 0.324. The van der Waals surface area contributed by atoms with Crippen LogP contribution in [0.5, 0.6) is 0 Å². The summed E-state index contributed by atoms with van der Waals surface area (Å²) in [6.07, 6.45) is 0.665. The van der Waals surface area contributed by atoms with Crippen molar-refractivity contribution in [2.24, 2.45) is 0 Å². The first kappa shape index (κ1) is 9.95. The quantitative estimate of drug-likeness (QED) is 0.493. The first-order valence-electron chi connectivity index (χ1n) is 3.97. The zero-order valence-electron chi connectivity index (χ0n) is 7.49. The standard InChI is InChI=1S/C9H12O4/c1-11-4-5-12-7-9-3-2-8(6-10)13-9/h2-3,6H,4-5,7H2,1H3. The van der Waals surface area contributed by atoms with Gasteiger partial charge in [0.1, 0.15) is 12.4 Å². The summed E-state index contributed by atoms with van der Waals surface area (Å²) in [5.41, 5.74) is 0. The van der Waals surface area contributed by atoms with Crippen LogP contribution in [0, 0.1) is 0 Å². The number of ether oxygens (including phenoxy) is 2. The molecular formula is C9H12O4. The SMILES string of the molecule is COCCOCc1ccc(C=O)o1. The Kier molecular flexibility index (Phi) is 4.21. The molecular weight excluding hydrogens is 172 g/mol. The van der Waals surface area contributed by atoms with Gasteiger partial charge in [-0.05, 0) is 12.1 Å². The first-order valence-corrected chi connectivity index (χ1v) is 3.97. The second-order valence-electron chi connectivity index (χ2n) is 2.47. The topological polar surface area (TPSA) is 48.7 Å². The number of carbonyl (C=O) groups is 1. The van der Waals surface area contributed by atoms with Crippen LogP contribution >= 0.6 is 0 Å². The van der Waals surface area contributed by atoms with Gasteiger partial charge < -0.3 is 13.9 Å². The number of hydrogen-bond donors (Lipinski definition) is 0. The van der Waals surface area contributed by atoms with Crippen LogP contribution in [0.15, 0.2) is 16.5 Å². The third-order valence-electron chi connectivity index (χ3n) is 1.47. The molecule has 0 unspecified atom stereocenters. The molecule has 1 aromatic rings. The fourth-order valence-corrected chi connectivity index (χ4v) is 0.850. The van der Waals surface area contributed by atoms with Crippen LogP contribution in [0.1, 0.15) is 16.3 Å². The van der Waals surface area contributed by atoms with Gasteiger partial charge in [-0.1, -0.05) is 0 Å². The molecule has 72 valence electrons. The van der Waals surface area contributed by atoms with E-state index in [1.165, 1.54) is 0 Å². The van der Waals surface area contributed by atoms with Gasteiger partial charge in [-0.2, -0.15) is 0 Å². The van der Waals surface area contributed by atoms with E-state index in [0.29, 0.717) is 37.6 Å². The van der Waals surface area contributed by atoms with Crippen LogP contribution in [0.4, 0.5) is 0 Å². The monoisotopic (exact) mass is 184 g/mol. The average Bonchev–Trinajstić information content (AvgIpc) is 2.60. The van der Waals surface area contributed by atoms with Gasteiger partial charge >= 0.3 is 0 Å². The molecule has 0 spiro atoms. The lowest BCUT2D eigenvalue weighted by Crippen LogP contribution is -2.00. The maximum atomic E-state index is 10.2. The van der Waals surface area contributed by atoms with E-state index in [1.54, 1.807) is 19.2 Å². The van der Waals surface area contributed by atoms with E-state index in [4.69, 9.17) is 13.9 Å². The summed E-state index contributed by atoms with van der Waals surface area (Å²) in [6.45, 7) is 1.45. The van der Waals surface area contributed by atoms with Gasteiger partial charge in [0.2, 0.25) is 0 Å². The van der Waals surface area contributed by atoms with E-state index in [-0.39, 0.29) is 0 Å². The van der Waals surface area contributed by atoms with Gasteiger partial charge in [0.05, 0.1) is 13.2 Å². The van der Waals surface area contributed by atoms with Crippen molar-refractivity contribution in [3.8, 4) is 0 Å². The number of furan rings is 1. The molecule has 4 heteroatoms. The van der Waals surface area contributed by atoms with Crippen LogP contribution in [-0.2, 0) is 16.1 Å². The molecule has 1 heterocycles. The lowest BCUT2D eigenvalue weighted by Gasteiger charge is -1.99. The minimum Gasteiger partial charge on any atom is -0.456 e. The summed E-state index contributed by atoms with van der Waals surface area (Å²) in [6, 6.07) is 3.33. The Morgan fingerprint density at radius 3 is 2.92 bits per heavy atom. The second-order valence-corrected chi connectivity index (χ2v) is 2.47. The fourth-order valence-electron chi connectivity index (χ4n) is 0.850. The second kappa shape index (κ2) is 5.50. The van der Waals surface area contributed by atoms with Crippen LogP contribution in [-0.4, -0.2) is 26.6 Å². The van der Waals surface area contributed by atoms with Crippen LogP contribution in [0.2, 0.25) is 0 Å². The summed E-state index contributed by atoms with van der Waals surface area (Å²) in [5, 5.41) is 0. The summed E-state index contributed by atoms with van der Waals surface area (Å²) in [4.78, 5) is 10.2. The smallest absolute Gasteiger partial charge is 0.185 e. The molecule has 0 aliphatic rings. The van der Waals surface area contributed by atoms with Crippen molar-refractivity contribution < 1.29 is 18.7 Å². The molecule has 0 fully saturated rings. The summed E-state index contributed by atoms with van der Waals surface area (Å²) in [7, 11) is 1.61. The number of carbonyl (C=O) groups excluding carboxylic acids is 1. The number of aldehydes is 1. The normalized spacial score (nSPS) is 10.2. The number of hydrogen-bond acceptors (Lipinski definition) is 4. The molecule has 0 aliphatic carbocycles. The van der Waals surface area contributed by atoms with Crippen molar-refractivity contribution in [2.45, 2.75) is 6.61 Å². The van der Waals surface area contributed by atoms with Crippen molar-refractivity contribution >= 4 is 6.29 Å². The van der Waals surface area contributed by atoms with Gasteiger partial charge in [-0.25, -0.2) is 0 Å². The molecule has 0 saturated carbocycles. The average molecular weight is 184 g/mol. The molecule has 0 amide bonds. The molecule has 0 bridgehead atoms. The van der Waals surface area contributed by atoms with Crippen molar-refractivity contribution in [2.75, 3.05) is 20.3 Å². The third-order valence-corrected chi connectivity index (χ3v) is 1.47. The highest BCUT2D eigenvalue weighted by Crippen LogP contribution is 2.06. The van der Waals surface area contributed by atoms with E-state index < -0.39 is 0 Å². The highest BCUT2D eigenvalue weighted by molar-refractivity contribution is 5.70. The van der Waals surface area contributed by atoms with E-state index in [0.717, 1.165) is 0 Å². The zero-order valence-corrected chi connectivity index (χ0v) is 7.49. The Balaban J connectivity index is 2.24. The predicted molar refractivity (Wildman–Crippen MR) is 45.6 cm³/mol. The van der Waals surface area contributed by atoms with Crippen LogP contribution in [0.25, 0.3) is 0 Å². The lowest BCUT2D eigenvalue weighted by molar-refractivity contribution is 0.0534. The predicted octanol–water partition coefficient (Wildman–Crippen LogP) is 1.26. The highest BCUT2D eigenvalue weighted by Gasteiger charge is 1.99. The van der Waals surface area contributed by atoms with Gasteiger partial charge in [0.25, 0.3) is 0 Å². The lowest BCUT2D eigenvalue weighted by atomic mass is 10.4. The van der Waals surface area contributed by atoms with E-state index in [9.17, 15) is 4.79 Å². The molecule has 4 nitrogen and oxygen atoms in total. The van der Waals surface area contributed by atoms with Crippen LogP contribution in [0.3, 0.4) is 0 Å². The Bertz CT molecular complexity index is 254. The van der Waals surface area contributed by atoms with Crippen molar-refractivity contribution in [3.63, 3.8) is 0 Å². The molecule has 1 aromatic heterocycles. The van der Waals surface area contributed by atoms with E-state index in [1.807, 2.05) is 0 Å². The van der Waals surface area contributed by atoms with E-state index in [2.05, 4.69) is 0 Å². The van der Waals surface area contributed by atoms with E-state index >= 15 is 0 Å². The van der Waals surface area contributed by atoms with Crippen LogP contribution < -0.4 is 0 Å². The molecule has 0 saturated heterocycles. The number of rotatable bonds is 6. The highest BCUT2D eigenvalue weighted by atomic mass is 16.5. The Morgan fingerprint density at radius 1 is 1.46 bits per heavy atom. The Labute approximate surface area is 76.4 Å². The maximum absolute atomic E-state index is 10.2. The van der Waals surface area contributed by atoms with Crippen molar-refractivity contribution in [1.29, 1.82) is 0 Å². The minimum atomic E-state index is 0.324. The molecule has 0 radical (unpaired) electrons.